The molecule has 0 saturated heterocycles. The molecule has 0 radical (unpaired) electrons. The number of nitrogens with two attached hydrogens (primary N) is 1. The molecule has 1 atom stereocenters. The third-order valence-electron chi connectivity index (χ3n) is 3.08. The first kappa shape index (κ1) is 13.6. The standard InChI is InChI=1S/C14H15F2N3/c1-9-11(5-3-7-18-9)13(19-17)8-10-4-2-6-12(15)14(10)16/h2-7,13,19H,8,17H2,1H3. The van der Waals surface area contributed by atoms with Gasteiger partial charge in [0, 0.05) is 11.9 Å². The molecule has 0 amide bonds. The molecule has 1 aromatic carbocycles. The average Bonchev–Trinajstić information content (AvgIpc) is 2.41. The number of nitrogens with one attached hydrogen (secondary N) is 1. The zero-order valence-electron chi connectivity index (χ0n) is 10.5. The van der Waals surface area contributed by atoms with Gasteiger partial charge < -0.3 is 0 Å². The summed E-state index contributed by atoms with van der Waals surface area (Å²) >= 11 is 0. The van der Waals surface area contributed by atoms with Crippen LogP contribution in [0.1, 0.15) is 22.9 Å². The summed E-state index contributed by atoms with van der Waals surface area (Å²) in [5, 5.41) is 0. The second-order valence-corrected chi connectivity index (χ2v) is 4.31. The van der Waals surface area contributed by atoms with Crippen molar-refractivity contribution in [3.63, 3.8) is 0 Å². The van der Waals surface area contributed by atoms with Crippen LogP contribution in [-0.4, -0.2) is 4.98 Å². The van der Waals surface area contributed by atoms with E-state index in [4.69, 9.17) is 5.84 Å². The Balaban J connectivity index is 2.30. The minimum Gasteiger partial charge on any atom is -0.271 e. The number of halogens is 2. The van der Waals surface area contributed by atoms with Crippen LogP contribution in [-0.2, 0) is 6.42 Å². The fourth-order valence-electron chi connectivity index (χ4n) is 2.05. The summed E-state index contributed by atoms with van der Waals surface area (Å²) in [7, 11) is 0. The van der Waals surface area contributed by atoms with Crippen LogP contribution in [0.15, 0.2) is 36.5 Å². The molecule has 100 valence electrons. The van der Waals surface area contributed by atoms with Gasteiger partial charge >= 0.3 is 0 Å². The molecule has 0 aliphatic carbocycles. The molecule has 2 aromatic rings. The lowest BCUT2D eigenvalue weighted by Gasteiger charge is -2.18. The highest BCUT2D eigenvalue weighted by Crippen LogP contribution is 2.22. The van der Waals surface area contributed by atoms with Gasteiger partial charge in [0.1, 0.15) is 0 Å². The van der Waals surface area contributed by atoms with E-state index < -0.39 is 11.6 Å². The Morgan fingerprint density at radius 1 is 1.26 bits per heavy atom. The molecule has 1 unspecified atom stereocenters. The Bertz CT molecular complexity index is 572. The first-order chi connectivity index (χ1) is 9.13. The van der Waals surface area contributed by atoms with Gasteiger partial charge in [0.25, 0.3) is 0 Å². The van der Waals surface area contributed by atoms with Gasteiger partial charge in [0.15, 0.2) is 11.6 Å². The second-order valence-electron chi connectivity index (χ2n) is 4.31. The van der Waals surface area contributed by atoms with Crippen LogP contribution in [0.5, 0.6) is 0 Å². The Hall–Kier alpha value is -1.85. The van der Waals surface area contributed by atoms with E-state index in [0.717, 1.165) is 17.3 Å². The summed E-state index contributed by atoms with van der Waals surface area (Å²) in [6.07, 6.45) is 1.93. The molecule has 19 heavy (non-hydrogen) atoms. The van der Waals surface area contributed by atoms with Gasteiger partial charge in [-0.25, -0.2) is 8.78 Å². The molecule has 0 bridgehead atoms. The fourth-order valence-corrected chi connectivity index (χ4v) is 2.05. The summed E-state index contributed by atoms with van der Waals surface area (Å²) in [6, 6.07) is 7.47. The summed E-state index contributed by atoms with van der Waals surface area (Å²) in [4.78, 5) is 4.17. The van der Waals surface area contributed by atoms with Crippen LogP contribution in [0.2, 0.25) is 0 Å². The van der Waals surface area contributed by atoms with Crippen molar-refractivity contribution in [1.29, 1.82) is 0 Å². The Kier molecular flexibility index (Phi) is 4.19. The lowest BCUT2D eigenvalue weighted by molar-refractivity contribution is 0.480. The minimum absolute atomic E-state index is 0.257. The monoisotopic (exact) mass is 263 g/mol. The predicted octanol–water partition coefficient (Wildman–Crippen LogP) is 2.42. The number of aryl methyl sites for hydroxylation is 1. The highest BCUT2D eigenvalue weighted by atomic mass is 19.2. The van der Waals surface area contributed by atoms with Gasteiger partial charge in [-0.05, 0) is 36.6 Å². The largest absolute Gasteiger partial charge is 0.271 e. The molecule has 1 aromatic heterocycles. The summed E-state index contributed by atoms with van der Waals surface area (Å²) < 4.78 is 26.8. The van der Waals surface area contributed by atoms with E-state index in [1.54, 1.807) is 18.3 Å². The number of hydrogen-bond acceptors (Lipinski definition) is 3. The number of pyridine rings is 1. The molecule has 3 N–H and O–H groups in total. The van der Waals surface area contributed by atoms with Crippen molar-refractivity contribution in [1.82, 2.24) is 10.4 Å². The number of aromatic nitrogens is 1. The van der Waals surface area contributed by atoms with E-state index >= 15 is 0 Å². The van der Waals surface area contributed by atoms with E-state index in [1.807, 2.05) is 13.0 Å². The smallest absolute Gasteiger partial charge is 0.162 e. The summed E-state index contributed by atoms with van der Waals surface area (Å²) in [5.41, 5.74) is 4.59. The zero-order valence-corrected chi connectivity index (χ0v) is 10.5. The average molecular weight is 263 g/mol. The van der Waals surface area contributed by atoms with Gasteiger partial charge in [-0.3, -0.25) is 16.3 Å². The van der Waals surface area contributed by atoms with E-state index in [9.17, 15) is 8.78 Å². The van der Waals surface area contributed by atoms with E-state index in [2.05, 4.69) is 10.4 Å². The third kappa shape index (κ3) is 2.94. The van der Waals surface area contributed by atoms with Crippen molar-refractivity contribution in [2.45, 2.75) is 19.4 Å². The molecule has 0 aliphatic rings. The quantitative estimate of drug-likeness (QED) is 0.658. The second kappa shape index (κ2) is 5.86. The SMILES string of the molecule is Cc1ncccc1C(Cc1cccc(F)c1F)NN. The normalized spacial score (nSPS) is 12.4. The van der Waals surface area contributed by atoms with E-state index in [-0.39, 0.29) is 18.0 Å². The zero-order chi connectivity index (χ0) is 13.8. The maximum absolute atomic E-state index is 13.7. The number of hydrazine groups is 1. The fraction of sp³-hybridized carbons (Fsp3) is 0.214. The van der Waals surface area contributed by atoms with Crippen molar-refractivity contribution >= 4 is 0 Å². The van der Waals surface area contributed by atoms with E-state index in [0.29, 0.717) is 0 Å². The molecular formula is C14H15F2N3. The van der Waals surface area contributed by atoms with Crippen LogP contribution in [0, 0.1) is 18.6 Å². The number of hydrogen-bond donors (Lipinski definition) is 2. The van der Waals surface area contributed by atoms with Crippen LogP contribution >= 0.6 is 0 Å². The van der Waals surface area contributed by atoms with Crippen LogP contribution < -0.4 is 11.3 Å². The van der Waals surface area contributed by atoms with E-state index in [1.165, 1.54) is 6.07 Å². The van der Waals surface area contributed by atoms with Crippen molar-refractivity contribution in [2.75, 3.05) is 0 Å². The molecular weight excluding hydrogens is 248 g/mol. The molecule has 0 saturated carbocycles. The van der Waals surface area contributed by atoms with Crippen molar-refractivity contribution in [3.05, 3.63) is 65.0 Å². The Morgan fingerprint density at radius 3 is 2.74 bits per heavy atom. The Labute approximate surface area is 110 Å². The lowest BCUT2D eigenvalue weighted by Crippen LogP contribution is -2.30. The van der Waals surface area contributed by atoms with Crippen LogP contribution in [0.25, 0.3) is 0 Å². The maximum atomic E-state index is 13.7. The molecule has 3 nitrogen and oxygen atoms in total. The van der Waals surface area contributed by atoms with Crippen molar-refractivity contribution in [3.8, 4) is 0 Å². The van der Waals surface area contributed by atoms with Crippen LogP contribution in [0.4, 0.5) is 8.78 Å². The topological polar surface area (TPSA) is 50.9 Å². The number of rotatable bonds is 4. The highest BCUT2D eigenvalue weighted by Gasteiger charge is 2.16. The first-order valence-corrected chi connectivity index (χ1v) is 5.94. The molecule has 5 heteroatoms. The first-order valence-electron chi connectivity index (χ1n) is 5.94. The number of nitrogens with zero attached hydrogens (tertiary/aromatic N) is 1. The minimum atomic E-state index is -0.851. The number of benzene rings is 1. The molecule has 0 fully saturated rings. The van der Waals surface area contributed by atoms with Crippen LogP contribution in [0.3, 0.4) is 0 Å². The lowest BCUT2D eigenvalue weighted by atomic mass is 9.98. The van der Waals surface area contributed by atoms with Gasteiger partial charge in [0.2, 0.25) is 0 Å². The predicted molar refractivity (Wildman–Crippen MR) is 69.1 cm³/mol. The molecule has 1 heterocycles. The summed E-state index contributed by atoms with van der Waals surface area (Å²) in [5.74, 6) is 3.84. The van der Waals surface area contributed by atoms with Gasteiger partial charge in [-0.1, -0.05) is 18.2 Å². The molecule has 0 spiro atoms. The third-order valence-corrected chi connectivity index (χ3v) is 3.08. The van der Waals surface area contributed by atoms with Gasteiger partial charge in [-0.2, -0.15) is 0 Å². The highest BCUT2D eigenvalue weighted by molar-refractivity contribution is 5.27. The molecule has 2 rings (SSSR count). The van der Waals surface area contributed by atoms with Gasteiger partial charge in [-0.15, -0.1) is 0 Å². The summed E-state index contributed by atoms with van der Waals surface area (Å²) in [6.45, 7) is 1.85. The Morgan fingerprint density at radius 2 is 2.05 bits per heavy atom. The maximum Gasteiger partial charge on any atom is 0.162 e. The van der Waals surface area contributed by atoms with Gasteiger partial charge in [0.05, 0.1) is 6.04 Å². The van der Waals surface area contributed by atoms with Crippen molar-refractivity contribution in [2.24, 2.45) is 5.84 Å². The molecule has 0 aliphatic heterocycles. The van der Waals surface area contributed by atoms with Crippen molar-refractivity contribution < 1.29 is 8.78 Å².